The lowest BCUT2D eigenvalue weighted by atomic mass is 9.99. The van der Waals surface area contributed by atoms with Crippen molar-refractivity contribution < 1.29 is 27.4 Å². The summed E-state index contributed by atoms with van der Waals surface area (Å²) in [7, 11) is -3.62. The van der Waals surface area contributed by atoms with Gasteiger partial charge >= 0.3 is 0 Å². The molecule has 10 heteroatoms. The van der Waals surface area contributed by atoms with E-state index >= 15 is 0 Å². The van der Waals surface area contributed by atoms with Gasteiger partial charge in [0.15, 0.2) is 5.79 Å². The molecule has 1 amide bonds. The van der Waals surface area contributed by atoms with Crippen LogP contribution in [-0.4, -0.2) is 74.2 Å². The summed E-state index contributed by atoms with van der Waals surface area (Å²) in [4.78, 5) is 12.8. The predicted octanol–water partition coefficient (Wildman–Crippen LogP) is 1.89. The molecule has 1 unspecified atom stereocenters. The van der Waals surface area contributed by atoms with Gasteiger partial charge in [-0.3, -0.25) is 4.79 Å². The summed E-state index contributed by atoms with van der Waals surface area (Å²) in [6.45, 7) is 6.86. The Hall–Kier alpha value is -1.72. The van der Waals surface area contributed by atoms with Crippen molar-refractivity contribution in [1.82, 2.24) is 13.9 Å². The number of hydrogen-bond acceptors (Lipinski definition) is 6. The van der Waals surface area contributed by atoms with Crippen LogP contribution in [0.15, 0.2) is 24.3 Å². The van der Waals surface area contributed by atoms with E-state index in [1.54, 1.807) is 0 Å². The van der Waals surface area contributed by atoms with Crippen LogP contribution in [0, 0.1) is 5.92 Å². The molecule has 9 nitrogen and oxygen atoms in total. The second kappa shape index (κ2) is 10.3. The van der Waals surface area contributed by atoms with Crippen LogP contribution in [0.1, 0.15) is 45.1 Å². The van der Waals surface area contributed by atoms with Crippen molar-refractivity contribution in [1.29, 1.82) is 0 Å². The Bertz CT molecular complexity index is 905. The van der Waals surface area contributed by atoms with Crippen molar-refractivity contribution in [2.45, 2.75) is 58.0 Å². The van der Waals surface area contributed by atoms with E-state index in [1.165, 1.54) is 8.61 Å². The van der Waals surface area contributed by atoms with Crippen LogP contribution < -0.4 is 10.1 Å². The minimum absolute atomic E-state index is 0.108. The van der Waals surface area contributed by atoms with Crippen LogP contribution >= 0.6 is 0 Å². The lowest BCUT2D eigenvalue weighted by Gasteiger charge is -2.40. The summed E-state index contributed by atoms with van der Waals surface area (Å²) in [6.07, 6.45) is 2.53. The largest absolute Gasteiger partial charge is 0.491 e. The van der Waals surface area contributed by atoms with E-state index in [1.807, 2.05) is 38.1 Å². The first-order chi connectivity index (χ1) is 15.8. The van der Waals surface area contributed by atoms with E-state index < -0.39 is 16.0 Å². The number of ether oxygens (including phenoxy) is 3. The normalized spacial score (nSPS) is 24.3. The third-order valence-corrected chi connectivity index (χ3v) is 8.47. The number of carbonyl (C=O) groups excluding carboxylic acids is 1. The standard InChI is InChI=1S/C23H35N3O6S/c1-18(2)32-21-7-5-19(6-8-21)16-24-22(27)20-4-3-11-26(17-20)33(28,29)25-12-9-23(10-13-25)30-14-15-31-23/h5-8,18,20H,3-4,9-17H2,1-2H3,(H,24,27). The molecule has 0 aliphatic carbocycles. The molecule has 0 aromatic heterocycles. The Balaban J connectivity index is 1.29. The first kappa shape index (κ1) is 24.4. The van der Waals surface area contributed by atoms with Crippen LogP contribution in [0.5, 0.6) is 5.75 Å². The lowest BCUT2D eigenvalue weighted by molar-refractivity contribution is -0.179. The number of amides is 1. The maximum Gasteiger partial charge on any atom is 0.282 e. The molecule has 3 heterocycles. The summed E-state index contributed by atoms with van der Waals surface area (Å²) in [5.41, 5.74) is 0.971. The molecule has 3 aliphatic heterocycles. The fourth-order valence-electron chi connectivity index (χ4n) is 4.66. The van der Waals surface area contributed by atoms with Crippen LogP contribution in [0.2, 0.25) is 0 Å². The SMILES string of the molecule is CC(C)Oc1ccc(CNC(=O)C2CCCN(S(=O)(=O)N3CCC4(CC3)OCCO4)C2)cc1. The van der Waals surface area contributed by atoms with Crippen LogP contribution in [0.4, 0.5) is 0 Å². The van der Waals surface area contributed by atoms with E-state index in [0.717, 1.165) is 11.3 Å². The molecular weight excluding hydrogens is 446 g/mol. The molecule has 3 aliphatic rings. The number of rotatable bonds is 7. The van der Waals surface area contributed by atoms with Gasteiger partial charge in [-0.05, 0) is 44.4 Å². The summed E-state index contributed by atoms with van der Waals surface area (Å²) in [5, 5.41) is 2.97. The molecule has 0 saturated carbocycles. The quantitative estimate of drug-likeness (QED) is 0.639. The molecule has 184 valence electrons. The minimum atomic E-state index is -3.62. The molecule has 0 radical (unpaired) electrons. The Kier molecular flexibility index (Phi) is 7.59. The molecular formula is C23H35N3O6S. The topological polar surface area (TPSA) is 97.4 Å². The molecule has 1 aromatic rings. The lowest BCUT2D eigenvalue weighted by Crippen LogP contribution is -2.54. The van der Waals surface area contributed by atoms with Gasteiger partial charge in [0.25, 0.3) is 10.2 Å². The molecule has 1 spiro atoms. The molecule has 4 rings (SSSR count). The van der Waals surface area contributed by atoms with Crippen molar-refractivity contribution in [3.8, 4) is 5.75 Å². The molecule has 1 atom stereocenters. The van der Waals surface area contributed by atoms with Gasteiger partial charge < -0.3 is 19.5 Å². The molecule has 3 saturated heterocycles. The molecule has 1 aromatic carbocycles. The average molecular weight is 482 g/mol. The highest BCUT2D eigenvalue weighted by Gasteiger charge is 2.44. The highest BCUT2D eigenvalue weighted by atomic mass is 32.2. The predicted molar refractivity (Wildman–Crippen MR) is 123 cm³/mol. The number of carbonyl (C=O) groups is 1. The van der Waals surface area contributed by atoms with Crippen LogP contribution in [0.3, 0.4) is 0 Å². The average Bonchev–Trinajstić information content (AvgIpc) is 3.26. The molecule has 1 N–H and O–H groups in total. The van der Waals surface area contributed by atoms with Gasteiger partial charge in [0.2, 0.25) is 5.91 Å². The second-order valence-electron chi connectivity index (χ2n) is 9.24. The van der Waals surface area contributed by atoms with Gasteiger partial charge in [0.1, 0.15) is 5.75 Å². The van der Waals surface area contributed by atoms with E-state index in [4.69, 9.17) is 14.2 Å². The zero-order valence-electron chi connectivity index (χ0n) is 19.5. The van der Waals surface area contributed by atoms with Gasteiger partial charge in [0, 0.05) is 45.6 Å². The second-order valence-corrected chi connectivity index (χ2v) is 11.2. The number of hydrogen-bond donors (Lipinski definition) is 1. The highest BCUT2D eigenvalue weighted by Crippen LogP contribution is 2.33. The maximum atomic E-state index is 13.2. The first-order valence-electron chi connectivity index (χ1n) is 11.8. The summed E-state index contributed by atoms with van der Waals surface area (Å²) in [6, 6.07) is 7.63. The van der Waals surface area contributed by atoms with Gasteiger partial charge in [0.05, 0.1) is 25.2 Å². The monoisotopic (exact) mass is 481 g/mol. The van der Waals surface area contributed by atoms with Crippen molar-refractivity contribution in [3.63, 3.8) is 0 Å². The Morgan fingerprint density at radius 1 is 1.12 bits per heavy atom. The van der Waals surface area contributed by atoms with Gasteiger partial charge in [-0.15, -0.1) is 0 Å². The van der Waals surface area contributed by atoms with E-state index in [2.05, 4.69) is 5.32 Å². The number of benzene rings is 1. The smallest absolute Gasteiger partial charge is 0.282 e. The van der Waals surface area contributed by atoms with Gasteiger partial charge in [-0.25, -0.2) is 0 Å². The zero-order chi connectivity index (χ0) is 23.5. The highest BCUT2D eigenvalue weighted by molar-refractivity contribution is 7.86. The van der Waals surface area contributed by atoms with E-state index in [9.17, 15) is 13.2 Å². The van der Waals surface area contributed by atoms with Gasteiger partial charge in [-0.1, -0.05) is 12.1 Å². The Morgan fingerprint density at radius 2 is 1.79 bits per heavy atom. The Morgan fingerprint density at radius 3 is 2.42 bits per heavy atom. The Labute approximate surface area is 196 Å². The van der Waals surface area contributed by atoms with E-state index in [-0.39, 0.29) is 24.5 Å². The first-order valence-corrected chi connectivity index (χ1v) is 13.2. The number of nitrogens with one attached hydrogen (secondary N) is 1. The van der Waals surface area contributed by atoms with Crippen LogP contribution in [-0.2, 0) is 31.0 Å². The molecule has 3 fully saturated rings. The van der Waals surface area contributed by atoms with E-state index in [0.29, 0.717) is 65.1 Å². The fraction of sp³-hybridized carbons (Fsp3) is 0.696. The van der Waals surface area contributed by atoms with Crippen molar-refractivity contribution in [2.24, 2.45) is 5.92 Å². The zero-order valence-corrected chi connectivity index (χ0v) is 20.3. The summed E-state index contributed by atoms with van der Waals surface area (Å²) in [5.74, 6) is -0.282. The van der Waals surface area contributed by atoms with Gasteiger partial charge in [-0.2, -0.15) is 17.0 Å². The fourth-order valence-corrected chi connectivity index (χ4v) is 6.36. The summed E-state index contributed by atoms with van der Waals surface area (Å²) < 4.78 is 46.5. The third kappa shape index (κ3) is 5.86. The third-order valence-electron chi connectivity index (χ3n) is 6.47. The van der Waals surface area contributed by atoms with Crippen LogP contribution in [0.25, 0.3) is 0 Å². The van der Waals surface area contributed by atoms with Crippen molar-refractivity contribution in [3.05, 3.63) is 29.8 Å². The number of piperidine rings is 2. The maximum absolute atomic E-state index is 13.2. The summed E-state index contributed by atoms with van der Waals surface area (Å²) >= 11 is 0. The minimum Gasteiger partial charge on any atom is -0.491 e. The van der Waals surface area contributed by atoms with Crippen molar-refractivity contribution >= 4 is 16.1 Å². The van der Waals surface area contributed by atoms with Crippen molar-refractivity contribution in [2.75, 3.05) is 39.4 Å². The number of nitrogens with zero attached hydrogens (tertiary/aromatic N) is 2. The molecule has 33 heavy (non-hydrogen) atoms. The molecule has 0 bridgehead atoms.